The molecule has 1 unspecified atom stereocenters. The molecule has 4 heterocycles. The first-order valence-electron chi connectivity index (χ1n) is 10.9. The van der Waals surface area contributed by atoms with E-state index in [1.54, 1.807) is 12.4 Å². The molecule has 7 nitrogen and oxygen atoms in total. The van der Waals surface area contributed by atoms with Gasteiger partial charge in [-0.15, -0.1) is 10.2 Å². The Morgan fingerprint density at radius 2 is 1.94 bits per heavy atom. The summed E-state index contributed by atoms with van der Waals surface area (Å²) in [4.78, 5) is 21.4. The molecule has 2 aromatic heterocycles. The minimum absolute atomic E-state index is 0.0411. The van der Waals surface area contributed by atoms with E-state index < -0.39 is 0 Å². The number of likely N-dealkylation sites (tertiary alicyclic amines) is 2. The maximum Gasteiger partial charge on any atom is 0.255 e. The molecule has 2 aliphatic rings. The average Bonchev–Trinajstić information content (AvgIpc) is 3.38. The largest absolute Gasteiger partial charge is 0.425 e. The standard InChI is InChI=1S/C24H27N5O2/c1-18-26-27-22(31-18)21-16-28(15-19-6-3-2-4-7-19)17-24(21)9-12-29(13-10-24)23(30)20-8-5-11-25-14-20/h2-8,11,14,21H,9-10,12-13,15-17H2,1H3. The Bertz CT molecular complexity index is 1030. The van der Waals surface area contributed by atoms with Crippen molar-refractivity contribution >= 4 is 5.91 Å². The monoisotopic (exact) mass is 417 g/mol. The molecule has 0 radical (unpaired) electrons. The zero-order chi connectivity index (χ0) is 21.3. The van der Waals surface area contributed by atoms with Gasteiger partial charge in [0.2, 0.25) is 11.8 Å². The van der Waals surface area contributed by atoms with Gasteiger partial charge in [0, 0.05) is 52.0 Å². The number of amides is 1. The van der Waals surface area contributed by atoms with Crippen LogP contribution in [0, 0.1) is 12.3 Å². The summed E-state index contributed by atoms with van der Waals surface area (Å²) in [6.07, 6.45) is 5.19. The van der Waals surface area contributed by atoms with Gasteiger partial charge in [-0.2, -0.15) is 0 Å². The van der Waals surface area contributed by atoms with E-state index in [1.807, 2.05) is 30.0 Å². The molecule has 0 saturated carbocycles. The maximum absolute atomic E-state index is 12.9. The summed E-state index contributed by atoms with van der Waals surface area (Å²) in [5.74, 6) is 1.59. The summed E-state index contributed by atoms with van der Waals surface area (Å²) in [5.41, 5.74) is 2.00. The van der Waals surface area contributed by atoms with Crippen LogP contribution in [0.15, 0.2) is 59.3 Å². The molecule has 7 heteroatoms. The first kappa shape index (κ1) is 19.9. The third-order valence-corrected chi connectivity index (χ3v) is 6.76. The third kappa shape index (κ3) is 3.97. The summed E-state index contributed by atoms with van der Waals surface area (Å²) in [7, 11) is 0. The van der Waals surface area contributed by atoms with E-state index >= 15 is 0 Å². The van der Waals surface area contributed by atoms with Crippen LogP contribution in [0.25, 0.3) is 0 Å². The van der Waals surface area contributed by atoms with Crippen molar-refractivity contribution in [3.63, 3.8) is 0 Å². The van der Waals surface area contributed by atoms with Gasteiger partial charge in [0.25, 0.3) is 5.91 Å². The molecule has 2 aliphatic heterocycles. The van der Waals surface area contributed by atoms with E-state index in [4.69, 9.17) is 4.42 Å². The Labute approximate surface area is 182 Å². The van der Waals surface area contributed by atoms with E-state index in [0.29, 0.717) is 11.5 Å². The highest BCUT2D eigenvalue weighted by atomic mass is 16.4. The maximum atomic E-state index is 12.9. The smallest absolute Gasteiger partial charge is 0.255 e. The lowest BCUT2D eigenvalue weighted by Gasteiger charge is -2.41. The molecule has 2 saturated heterocycles. The number of hydrogen-bond acceptors (Lipinski definition) is 6. The van der Waals surface area contributed by atoms with E-state index in [9.17, 15) is 4.79 Å². The molecular formula is C24H27N5O2. The zero-order valence-electron chi connectivity index (χ0n) is 17.8. The van der Waals surface area contributed by atoms with Crippen LogP contribution in [0.4, 0.5) is 0 Å². The van der Waals surface area contributed by atoms with Crippen molar-refractivity contribution in [1.82, 2.24) is 25.0 Å². The van der Waals surface area contributed by atoms with Gasteiger partial charge in [0.05, 0.1) is 11.5 Å². The Morgan fingerprint density at radius 1 is 1.13 bits per heavy atom. The molecule has 1 atom stereocenters. The summed E-state index contributed by atoms with van der Waals surface area (Å²) < 4.78 is 5.90. The lowest BCUT2D eigenvalue weighted by atomic mass is 9.70. The molecule has 31 heavy (non-hydrogen) atoms. The van der Waals surface area contributed by atoms with Gasteiger partial charge in [-0.3, -0.25) is 14.7 Å². The number of benzene rings is 1. The van der Waals surface area contributed by atoms with E-state index in [2.05, 4.69) is 44.3 Å². The highest BCUT2D eigenvalue weighted by Gasteiger charge is 2.51. The second kappa shape index (κ2) is 8.23. The van der Waals surface area contributed by atoms with Gasteiger partial charge < -0.3 is 9.32 Å². The van der Waals surface area contributed by atoms with Gasteiger partial charge in [-0.25, -0.2) is 0 Å². The summed E-state index contributed by atoms with van der Waals surface area (Å²) >= 11 is 0. The fourth-order valence-electron chi connectivity index (χ4n) is 5.16. The number of aromatic nitrogens is 3. The summed E-state index contributed by atoms with van der Waals surface area (Å²) in [6, 6.07) is 14.2. The molecule has 0 bridgehead atoms. The molecule has 1 spiro atoms. The number of carbonyl (C=O) groups is 1. The van der Waals surface area contributed by atoms with Gasteiger partial charge in [0.1, 0.15) is 0 Å². The number of pyridine rings is 1. The quantitative estimate of drug-likeness (QED) is 0.648. The minimum Gasteiger partial charge on any atom is -0.425 e. The van der Waals surface area contributed by atoms with Crippen LogP contribution in [0.3, 0.4) is 0 Å². The van der Waals surface area contributed by atoms with Crippen LogP contribution in [0.5, 0.6) is 0 Å². The highest BCUT2D eigenvalue weighted by molar-refractivity contribution is 5.93. The van der Waals surface area contributed by atoms with Gasteiger partial charge in [-0.1, -0.05) is 30.3 Å². The molecule has 2 fully saturated rings. The van der Waals surface area contributed by atoms with Crippen LogP contribution in [-0.2, 0) is 6.54 Å². The fraction of sp³-hybridized carbons (Fsp3) is 0.417. The lowest BCUT2D eigenvalue weighted by molar-refractivity contribution is 0.0545. The molecule has 1 aromatic carbocycles. The van der Waals surface area contributed by atoms with Crippen molar-refractivity contribution < 1.29 is 9.21 Å². The first-order valence-corrected chi connectivity index (χ1v) is 10.9. The van der Waals surface area contributed by atoms with Crippen LogP contribution >= 0.6 is 0 Å². The van der Waals surface area contributed by atoms with Crippen molar-refractivity contribution in [2.24, 2.45) is 5.41 Å². The van der Waals surface area contributed by atoms with E-state index in [0.717, 1.165) is 51.5 Å². The Balaban J connectivity index is 1.34. The van der Waals surface area contributed by atoms with Crippen LogP contribution < -0.4 is 0 Å². The fourth-order valence-corrected chi connectivity index (χ4v) is 5.16. The number of rotatable bonds is 4. The molecule has 1 amide bonds. The lowest BCUT2D eigenvalue weighted by Crippen LogP contribution is -2.46. The van der Waals surface area contributed by atoms with Gasteiger partial charge in [0.15, 0.2) is 0 Å². The predicted molar refractivity (Wildman–Crippen MR) is 115 cm³/mol. The Hall–Kier alpha value is -3.06. The van der Waals surface area contributed by atoms with Crippen molar-refractivity contribution in [3.8, 4) is 0 Å². The summed E-state index contributed by atoms with van der Waals surface area (Å²) in [6.45, 7) is 6.09. The van der Waals surface area contributed by atoms with Crippen molar-refractivity contribution in [2.45, 2.75) is 32.2 Å². The van der Waals surface area contributed by atoms with Crippen molar-refractivity contribution in [3.05, 3.63) is 77.8 Å². The first-order chi connectivity index (χ1) is 15.1. The Morgan fingerprint density at radius 3 is 2.61 bits per heavy atom. The number of carbonyl (C=O) groups excluding carboxylic acids is 1. The predicted octanol–water partition coefficient (Wildman–Crippen LogP) is 3.30. The SMILES string of the molecule is Cc1nnc(C2CN(Cc3ccccc3)CC23CCN(C(=O)c2cccnc2)CC3)o1. The van der Waals surface area contributed by atoms with Crippen molar-refractivity contribution in [2.75, 3.05) is 26.2 Å². The minimum atomic E-state index is 0.0411. The second-order valence-corrected chi connectivity index (χ2v) is 8.76. The van der Waals surface area contributed by atoms with Gasteiger partial charge >= 0.3 is 0 Å². The zero-order valence-corrected chi connectivity index (χ0v) is 17.8. The second-order valence-electron chi connectivity index (χ2n) is 8.76. The Kier molecular flexibility index (Phi) is 5.28. The highest BCUT2D eigenvalue weighted by Crippen LogP contribution is 2.49. The average molecular weight is 418 g/mol. The number of nitrogens with zero attached hydrogens (tertiary/aromatic N) is 5. The normalized spacial score (nSPS) is 20.9. The van der Waals surface area contributed by atoms with E-state index in [1.165, 1.54) is 5.56 Å². The summed E-state index contributed by atoms with van der Waals surface area (Å²) in [5, 5.41) is 8.48. The molecule has 0 aliphatic carbocycles. The number of piperidine rings is 1. The molecule has 3 aromatic rings. The molecule has 5 rings (SSSR count). The van der Waals surface area contributed by atoms with E-state index in [-0.39, 0.29) is 17.2 Å². The molecular weight excluding hydrogens is 390 g/mol. The number of hydrogen-bond donors (Lipinski definition) is 0. The van der Waals surface area contributed by atoms with Crippen molar-refractivity contribution in [1.29, 1.82) is 0 Å². The number of aryl methyl sites for hydroxylation is 1. The third-order valence-electron chi connectivity index (χ3n) is 6.76. The van der Waals surface area contributed by atoms with Crippen LogP contribution in [-0.4, -0.2) is 57.1 Å². The van der Waals surface area contributed by atoms with Crippen LogP contribution in [0.1, 0.15) is 46.5 Å². The molecule has 160 valence electrons. The van der Waals surface area contributed by atoms with Crippen LogP contribution in [0.2, 0.25) is 0 Å². The van der Waals surface area contributed by atoms with Gasteiger partial charge in [-0.05, 0) is 36.0 Å². The molecule has 0 N–H and O–H groups in total. The topological polar surface area (TPSA) is 75.4 Å².